The van der Waals surface area contributed by atoms with Gasteiger partial charge in [-0.3, -0.25) is 4.57 Å². The van der Waals surface area contributed by atoms with Crippen LogP contribution in [-0.4, -0.2) is 52.0 Å². The minimum absolute atomic E-state index is 0.292. The van der Waals surface area contributed by atoms with Crippen LogP contribution in [0, 0.1) is 0 Å². The first-order chi connectivity index (χ1) is 15.6. The van der Waals surface area contributed by atoms with Crippen LogP contribution in [0.3, 0.4) is 0 Å². The largest absolute Gasteiger partial charge is 0.573 e. The molecule has 2 aliphatic heterocycles. The Bertz CT molecular complexity index is 1330. The maximum absolute atomic E-state index is 12.4. The average molecular weight is 480 g/mol. The number of ether oxygens (including phenoxy) is 2. The smallest absolute Gasteiger partial charge is 0.475 e. The Balaban J connectivity index is 1.41. The van der Waals surface area contributed by atoms with Crippen molar-refractivity contribution in [2.75, 3.05) is 24.6 Å². The molecular weight excluding hydrogens is 463 g/mol. The topological polar surface area (TPSA) is 81.8 Å². The summed E-state index contributed by atoms with van der Waals surface area (Å²) in [6, 6.07) is 8.70. The van der Waals surface area contributed by atoms with Gasteiger partial charge in [-0.2, -0.15) is 4.98 Å². The molecule has 3 aromatic rings. The van der Waals surface area contributed by atoms with E-state index in [1.54, 1.807) is 19.2 Å². The van der Waals surface area contributed by atoms with Gasteiger partial charge in [0, 0.05) is 25.7 Å². The van der Waals surface area contributed by atoms with Gasteiger partial charge in [0.2, 0.25) is 5.90 Å². The van der Waals surface area contributed by atoms with Gasteiger partial charge in [-0.05, 0) is 42.8 Å². The van der Waals surface area contributed by atoms with E-state index in [9.17, 15) is 18.0 Å². The van der Waals surface area contributed by atoms with E-state index in [-0.39, 0.29) is 5.75 Å². The second-order valence-electron chi connectivity index (χ2n) is 7.95. The van der Waals surface area contributed by atoms with Crippen LogP contribution in [0.25, 0.3) is 11.0 Å². The van der Waals surface area contributed by atoms with Crippen molar-refractivity contribution in [3.63, 3.8) is 0 Å². The first-order valence-electron chi connectivity index (χ1n) is 10.00. The van der Waals surface area contributed by atoms with E-state index >= 15 is 0 Å². The summed E-state index contributed by atoms with van der Waals surface area (Å²) >= 11 is 6.09. The van der Waals surface area contributed by atoms with Crippen LogP contribution >= 0.6 is 11.6 Å². The van der Waals surface area contributed by atoms with Gasteiger partial charge in [0.1, 0.15) is 28.6 Å². The number of alkyl halides is 3. The predicted molar refractivity (Wildman–Crippen MR) is 115 cm³/mol. The third kappa shape index (κ3) is 4.08. The number of aryl methyl sites for hydroxylation is 1. The normalized spacial score (nSPS) is 20.4. The molecule has 2 aliphatic rings. The molecule has 8 nitrogen and oxygen atoms in total. The molecule has 1 aromatic carbocycles. The Morgan fingerprint density at radius 2 is 1.91 bits per heavy atom. The van der Waals surface area contributed by atoms with Crippen molar-refractivity contribution in [2.24, 2.45) is 12.0 Å². The van der Waals surface area contributed by atoms with Crippen LogP contribution < -0.4 is 15.3 Å². The van der Waals surface area contributed by atoms with Gasteiger partial charge in [-0.15, -0.1) is 13.2 Å². The van der Waals surface area contributed by atoms with Crippen LogP contribution in [0.15, 0.2) is 46.2 Å². The maximum Gasteiger partial charge on any atom is 0.573 e. The lowest BCUT2D eigenvalue weighted by molar-refractivity contribution is -0.274. The molecule has 1 unspecified atom stereocenters. The predicted octanol–water partition coefficient (Wildman–Crippen LogP) is 3.31. The van der Waals surface area contributed by atoms with Crippen molar-refractivity contribution in [2.45, 2.75) is 18.3 Å². The summed E-state index contributed by atoms with van der Waals surface area (Å²) in [7, 11) is 1.62. The number of halogens is 4. The van der Waals surface area contributed by atoms with Crippen LogP contribution in [-0.2, 0) is 11.8 Å². The molecule has 172 valence electrons. The zero-order valence-corrected chi connectivity index (χ0v) is 18.0. The molecule has 4 heterocycles. The fourth-order valence-electron chi connectivity index (χ4n) is 4.08. The monoisotopic (exact) mass is 479 g/mol. The number of aliphatic imine (C=N–C) groups is 1. The van der Waals surface area contributed by atoms with Crippen molar-refractivity contribution < 1.29 is 22.6 Å². The molecule has 0 aliphatic carbocycles. The Morgan fingerprint density at radius 3 is 2.64 bits per heavy atom. The van der Waals surface area contributed by atoms with E-state index in [4.69, 9.17) is 21.3 Å². The van der Waals surface area contributed by atoms with Crippen molar-refractivity contribution in [3.8, 4) is 5.75 Å². The molecule has 5 rings (SSSR count). The number of benzene rings is 1. The summed E-state index contributed by atoms with van der Waals surface area (Å²) in [6.07, 6.45) is -4.11. The highest BCUT2D eigenvalue weighted by atomic mass is 35.5. The lowest BCUT2D eigenvalue weighted by Crippen LogP contribution is -2.34. The number of aromatic nitrogens is 3. The first kappa shape index (κ1) is 21.5. The summed E-state index contributed by atoms with van der Waals surface area (Å²) in [5, 5.41) is 0.292. The SMILES string of the molecule is Cn1c(=O)nc(N2CCC3(COC(c4ccc(OC(F)(F)F)cc4)=N3)C2)c2nc(Cl)ccc21. The van der Waals surface area contributed by atoms with Gasteiger partial charge in [-0.25, -0.2) is 14.8 Å². The third-order valence-corrected chi connectivity index (χ3v) is 5.90. The highest BCUT2D eigenvalue weighted by molar-refractivity contribution is 6.29. The lowest BCUT2D eigenvalue weighted by Gasteiger charge is -2.21. The van der Waals surface area contributed by atoms with E-state index in [0.717, 1.165) is 0 Å². The molecule has 2 aromatic heterocycles. The molecule has 0 saturated carbocycles. The van der Waals surface area contributed by atoms with E-state index in [1.165, 1.54) is 28.8 Å². The molecule has 1 spiro atoms. The number of anilines is 1. The van der Waals surface area contributed by atoms with Crippen molar-refractivity contribution in [3.05, 3.63) is 57.6 Å². The van der Waals surface area contributed by atoms with Crippen LogP contribution in [0.5, 0.6) is 5.75 Å². The van der Waals surface area contributed by atoms with E-state index < -0.39 is 17.6 Å². The minimum atomic E-state index is -4.75. The van der Waals surface area contributed by atoms with Crippen molar-refractivity contribution >= 4 is 34.3 Å². The van der Waals surface area contributed by atoms with Gasteiger partial charge in [0.05, 0.1) is 5.52 Å². The van der Waals surface area contributed by atoms with Gasteiger partial charge in [-0.1, -0.05) is 11.6 Å². The van der Waals surface area contributed by atoms with Gasteiger partial charge in [0.15, 0.2) is 5.82 Å². The summed E-state index contributed by atoms with van der Waals surface area (Å²) in [6.45, 7) is 1.31. The van der Waals surface area contributed by atoms with Crippen molar-refractivity contribution in [1.82, 2.24) is 14.5 Å². The number of hydrogen-bond donors (Lipinski definition) is 0. The average Bonchev–Trinajstić information content (AvgIpc) is 3.37. The molecule has 0 amide bonds. The van der Waals surface area contributed by atoms with E-state index in [2.05, 4.69) is 14.7 Å². The minimum Gasteiger partial charge on any atom is -0.475 e. The Labute approximate surface area is 190 Å². The fraction of sp³-hybridized carbons (Fsp3) is 0.333. The highest BCUT2D eigenvalue weighted by Gasteiger charge is 2.44. The number of rotatable bonds is 3. The third-order valence-electron chi connectivity index (χ3n) is 5.68. The summed E-state index contributed by atoms with van der Waals surface area (Å²) < 4.78 is 48.2. The Kier molecular flexibility index (Phi) is 4.96. The summed E-state index contributed by atoms with van der Waals surface area (Å²) in [5.41, 5.74) is 0.707. The molecule has 0 N–H and O–H groups in total. The molecule has 12 heteroatoms. The zero-order chi connectivity index (χ0) is 23.4. The summed E-state index contributed by atoms with van der Waals surface area (Å²) in [4.78, 5) is 27.7. The standard InChI is InChI=1S/C21H17ClF3N5O3/c1-29-14-6-7-15(22)26-16(14)17(27-19(29)31)30-9-8-20(10-30)11-32-18(28-20)12-2-4-13(5-3-12)33-21(23,24)25/h2-7H,8-11H2,1H3. The molecule has 0 bridgehead atoms. The second kappa shape index (κ2) is 7.62. The number of pyridine rings is 1. The Morgan fingerprint density at radius 1 is 1.15 bits per heavy atom. The first-order valence-corrected chi connectivity index (χ1v) is 10.4. The van der Waals surface area contributed by atoms with E-state index in [1.807, 2.05) is 4.90 Å². The van der Waals surface area contributed by atoms with Crippen molar-refractivity contribution in [1.29, 1.82) is 0 Å². The number of fused-ring (bicyclic) bond motifs is 1. The molecular formula is C21H17ClF3N5O3. The van der Waals surface area contributed by atoms with Gasteiger partial charge >= 0.3 is 12.1 Å². The van der Waals surface area contributed by atoms with E-state index in [0.29, 0.717) is 59.6 Å². The molecule has 33 heavy (non-hydrogen) atoms. The van der Waals surface area contributed by atoms with Crippen LogP contribution in [0.2, 0.25) is 5.15 Å². The Hall–Kier alpha value is -3.34. The number of hydrogen-bond acceptors (Lipinski definition) is 7. The van der Waals surface area contributed by atoms with Crippen LogP contribution in [0.1, 0.15) is 12.0 Å². The second-order valence-corrected chi connectivity index (χ2v) is 8.34. The fourth-order valence-corrected chi connectivity index (χ4v) is 4.23. The zero-order valence-electron chi connectivity index (χ0n) is 17.3. The van der Waals surface area contributed by atoms with Gasteiger partial charge in [0.25, 0.3) is 0 Å². The highest BCUT2D eigenvalue weighted by Crippen LogP contribution is 2.35. The van der Waals surface area contributed by atoms with Gasteiger partial charge < -0.3 is 14.4 Å². The quantitative estimate of drug-likeness (QED) is 0.536. The lowest BCUT2D eigenvalue weighted by atomic mass is 10.0. The molecule has 1 fully saturated rings. The molecule has 1 atom stereocenters. The number of nitrogens with zero attached hydrogens (tertiary/aromatic N) is 5. The maximum atomic E-state index is 12.4. The molecule has 0 radical (unpaired) electrons. The molecule has 1 saturated heterocycles. The van der Waals surface area contributed by atoms with Crippen LogP contribution in [0.4, 0.5) is 19.0 Å². The summed E-state index contributed by atoms with van der Waals surface area (Å²) in [5.74, 6) is 0.463.